The highest BCUT2D eigenvalue weighted by Gasteiger charge is 2.24. The van der Waals surface area contributed by atoms with Crippen molar-refractivity contribution in [3.63, 3.8) is 0 Å². The van der Waals surface area contributed by atoms with E-state index in [4.69, 9.17) is 25.8 Å². The number of carbonyl (C=O) groups is 1. The average molecular weight is 415 g/mol. The molecule has 6 nitrogen and oxygen atoms in total. The summed E-state index contributed by atoms with van der Waals surface area (Å²) in [6, 6.07) is 13.3. The molecule has 1 N–H and O–H groups in total. The van der Waals surface area contributed by atoms with Gasteiger partial charge in [-0.25, -0.2) is 0 Å². The lowest BCUT2D eigenvalue weighted by Gasteiger charge is -2.35. The van der Waals surface area contributed by atoms with Crippen molar-refractivity contribution in [2.45, 2.75) is 6.04 Å². The van der Waals surface area contributed by atoms with Gasteiger partial charge in [0.1, 0.15) is 0 Å². The van der Waals surface area contributed by atoms with Crippen LogP contribution in [0.1, 0.15) is 17.2 Å². The SMILES string of the molecule is O=C(/C=C/c1ccc2c(c1)OCO2)NCC(c1ccccc1Cl)N1CCOCC1. The number of fused-ring (bicyclic) bond motifs is 1. The summed E-state index contributed by atoms with van der Waals surface area (Å²) in [5.74, 6) is 1.26. The number of hydrogen-bond donors (Lipinski definition) is 1. The lowest BCUT2D eigenvalue weighted by Crippen LogP contribution is -2.43. The van der Waals surface area contributed by atoms with Gasteiger partial charge in [-0.05, 0) is 35.4 Å². The lowest BCUT2D eigenvalue weighted by molar-refractivity contribution is -0.116. The van der Waals surface area contributed by atoms with E-state index in [1.54, 1.807) is 6.08 Å². The van der Waals surface area contributed by atoms with Crippen LogP contribution >= 0.6 is 11.6 Å². The van der Waals surface area contributed by atoms with Gasteiger partial charge in [-0.1, -0.05) is 35.9 Å². The van der Waals surface area contributed by atoms with Crippen molar-refractivity contribution in [1.82, 2.24) is 10.2 Å². The van der Waals surface area contributed by atoms with Crippen LogP contribution in [0.15, 0.2) is 48.5 Å². The normalized spacial score (nSPS) is 17.4. The first-order valence-corrected chi connectivity index (χ1v) is 10.0. The van der Waals surface area contributed by atoms with Gasteiger partial charge in [0, 0.05) is 30.7 Å². The molecular weight excluding hydrogens is 392 g/mol. The molecule has 2 aliphatic rings. The van der Waals surface area contributed by atoms with Crippen molar-refractivity contribution >= 4 is 23.6 Å². The van der Waals surface area contributed by atoms with Gasteiger partial charge in [0.25, 0.3) is 0 Å². The molecule has 7 heteroatoms. The summed E-state index contributed by atoms with van der Waals surface area (Å²) in [6.45, 7) is 3.66. The van der Waals surface area contributed by atoms with Crippen LogP contribution < -0.4 is 14.8 Å². The zero-order chi connectivity index (χ0) is 20.1. The number of carbonyl (C=O) groups excluding carboxylic acids is 1. The van der Waals surface area contributed by atoms with E-state index in [-0.39, 0.29) is 18.7 Å². The molecule has 2 aromatic carbocycles. The molecular formula is C22H23ClN2O4. The molecule has 29 heavy (non-hydrogen) atoms. The Kier molecular flexibility index (Phi) is 6.34. The minimum Gasteiger partial charge on any atom is -0.454 e. The summed E-state index contributed by atoms with van der Waals surface area (Å²) in [5, 5.41) is 3.71. The van der Waals surface area contributed by atoms with E-state index in [1.165, 1.54) is 6.08 Å². The molecule has 0 radical (unpaired) electrons. The third-order valence-electron chi connectivity index (χ3n) is 5.04. The van der Waals surface area contributed by atoms with Crippen LogP contribution in [0, 0.1) is 0 Å². The quantitative estimate of drug-likeness (QED) is 0.735. The molecule has 0 saturated carbocycles. The number of nitrogens with one attached hydrogen (secondary N) is 1. The Morgan fingerprint density at radius 3 is 2.76 bits per heavy atom. The number of morpholine rings is 1. The lowest BCUT2D eigenvalue weighted by atomic mass is 10.0. The first kappa shape index (κ1) is 19.8. The summed E-state index contributed by atoms with van der Waals surface area (Å²) in [6.07, 6.45) is 3.29. The number of halogens is 1. The van der Waals surface area contributed by atoms with Gasteiger partial charge < -0.3 is 19.5 Å². The molecule has 1 amide bonds. The van der Waals surface area contributed by atoms with Gasteiger partial charge in [0.2, 0.25) is 12.7 Å². The first-order chi connectivity index (χ1) is 14.2. The Bertz CT molecular complexity index is 896. The third-order valence-corrected chi connectivity index (χ3v) is 5.39. The maximum absolute atomic E-state index is 12.4. The van der Waals surface area contributed by atoms with Gasteiger partial charge in [-0.15, -0.1) is 0 Å². The fourth-order valence-electron chi connectivity index (χ4n) is 3.52. The van der Waals surface area contributed by atoms with Gasteiger partial charge in [0.15, 0.2) is 11.5 Å². The molecule has 0 spiro atoms. The van der Waals surface area contributed by atoms with E-state index in [0.29, 0.717) is 30.5 Å². The smallest absolute Gasteiger partial charge is 0.244 e. The molecule has 4 rings (SSSR count). The molecule has 1 saturated heterocycles. The second kappa shape index (κ2) is 9.31. The van der Waals surface area contributed by atoms with Crippen LogP contribution in [0.4, 0.5) is 0 Å². The Labute approximate surface area is 175 Å². The topological polar surface area (TPSA) is 60.0 Å². The number of hydrogen-bond acceptors (Lipinski definition) is 5. The molecule has 152 valence electrons. The van der Waals surface area contributed by atoms with Crippen molar-refractivity contribution in [1.29, 1.82) is 0 Å². The van der Waals surface area contributed by atoms with E-state index >= 15 is 0 Å². The zero-order valence-electron chi connectivity index (χ0n) is 16.0. The van der Waals surface area contributed by atoms with Crippen molar-refractivity contribution in [3.05, 3.63) is 64.7 Å². The van der Waals surface area contributed by atoms with E-state index in [2.05, 4.69) is 10.2 Å². The molecule has 0 bridgehead atoms. The Morgan fingerprint density at radius 2 is 1.93 bits per heavy atom. The Balaban J connectivity index is 1.41. The highest BCUT2D eigenvalue weighted by molar-refractivity contribution is 6.31. The van der Waals surface area contributed by atoms with Crippen molar-refractivity contribution in [3.8, 4) is 11.5 Å². The van der Waals surface area contributed by atoms with E-state index < -0.39 is 0 Å². The summed E-state index contributed by atoms with van der Waals surface area (Å²) in [7, 11) is 0. The highest BCUT2D eigenvalue weighted by Crippen LogP contribution is 2.32. The molecule has 0 aliphatic carbocycles. The van der Waals surface area contributed by atoms with E-state index in [1.807, 2.05) is 42.5 Å². The van der Waals surface area contributed by atoms with Crippen LogP contribution in [0.2, 0.25) is 5.02 Å². The maximum Gasteiger partial charge on any atom is 0.244 e. The number of amides is 1. The van der Waals surface area contributed by atoms with Crippen LogP contribution in [-0.4, -0.2) is 50.4 Å². The number of rotatable bonds is 6. The fraction of sp³-hybridized carbons (Fsp3) is 0.318. The van der Waals surface area contributed by atoms with Crippen LogP contribution in [0.25, 0.3) is 6.08 Å². The molecule has 2 aromatic rings. The van der Waals surface area contributed by atoms with Crippen LogP contribution in [0.3, 0.4) is 0 Å². The minimum absolute atomic E-state index is 0.00417. The van der Waals surface area contributed by atoms with Crippen molar-refractivity contribution < 1.29 is 19.0 Å². The molecule has 1 unspecified atom stereocenters. The van der Waals surface area contributed by atoms with Crippen LogP contribution in [0.5, 0.6) is 11.5 Å². The second-order valence-corrected chi connectivity index (χ2v) is 7.28. The fourth-order valence-corrected chi connectivity index (χ4v) is 3.78. The molecule has 1 fully saturated rings. The van der Waals surface area contributed by atoms with E-state index in [0.717, 1.165) is 30.0 Å². The second-order valence-electron chi connectivity index (χ2n) is 6.88. The molecule has 2 heterocycles. The average Bonchev–Trinajstić information content (AvgIpc) is 3.22. The Morgan fingerprint density at radius 1 is 1.14 bits per heavy atom. The number of ether oxygens (including phenoxy) is 3. The third kappa shape index (κ3) is 4.90. The van der Waals surface area contributed by atoms with Crippen LogP contribution in [-0.2, 0) is 9.53 Å². The largest absolute Gasteiger partial charge is 0.454 e. The zero-order valence-corrected chi connectivity index (χ0v) is 16.7. The van der Waals surface area contributed by atoms with Gasteiger partial charge in [-0.2, -0.15) is 0 Å². The number of nitrogens with zero attached hydrogens (tertiary/aromatic N) is 1. The van der Waals surface area contributed by atoms with Crippen molar-refractivity contribution in [2.24, 2.45) is 0 Å². The predicted octanol–water partition coefficient (Wildman–Crippen LogP) is 3.27. The summed E-state index contributed by atoms with van der Waals surface area (Å²) >= 11 is 6.43. The predicted molar refractivity (Wildman–Crippen MR) is 111 cm³/mol. The summed E-state index contributed by atoms with van der Waals surface area (Å²) in [5.41, 5.74) is 1.89. The molecule has 1 atom stereocenters. The molecule has 0 aromatic heterocycles. The van der Waals surface area contributed by atoms with E-state index in [9.17, 15) is 4.79 Å². The first-order valence-electron chi connectivity index (χ1n) is 9.62. The van der Waals surface area contributed by atoms with Gasteiger partial charge >= 0.3 is 0 Å². The Hall–Kier alpha value is -2.54. The maximum atomic E-state index is 12.4. The number of benzene rings is 2. The minimum atomic E-state index is -0.159. The van der Waals surface area contributed by atoms with Gasteiger partial charge in [-0.3, -0.25) is 9.69 Å². The van der Waals surface area contributed by atoms with Crippen molar-refractivity contribution in [2.75, 3.05) is 39.6 Å². The standard InChI is InChI=1S/C22H23ClN2O4/c23-18-4-2-1-3-17(18)19(25-9-11-27-12-10-25)14-24-22(26)8-6-16-5-7-20-21(13-16)29-15-28-20/h1-8,13,19H,9-12,14-15H2,(H,24,26)/b8-6+. The van der Waals surface area contributed by atoms with Gasteiger partial charge in [0.05, 0.1) is 19.3 Å². The summed E-state index contributed by atoms with van der Waals surface area (Å²) in [4.78, 5) is 14.7. The monoisotopic (exact) mass is 414 g/mol. The molecule has 2 aliphatic heterocycles. The summed E-state index contributed by atoms with van der Waals surface area (Å²) < 4.78 is 16.1. The highest BCUT2D eigenvalue weighted by atomic mass is 35.5.